The van der Waals surface area contributed by atoms with E-state index < -0.39 is 98.2 Å². The van der Waals surface area contributed by atoms with Gasteiger partial charge in [0.25, 0.3) is 11.8 Å². The monoisotopic (exact) mass is 832 g/mol. The SMILES string of the molecule is COc1cc(O)ccc1[C@H]1C2=CC[C@@H]3C(=O)N(c4ccc(I)cc4)C(=O)[C@@H]3[C@@H]2C[C@@]2(Cl)C(=O)N(c3c(F)c(F)c(F)c(F)c3F)C(=O)[C@@]12Cl. The van der Waals surface area contributed by atoms with Crippen molar-refractivity contribution < 1.29 is 51.0 Å². The number of amides is 4. The van der Waals surface area contributed by atoms with Gasteiger partial charge in [-0.2, -0.15) is 0 Å². The summed E-state index contributed by atoms with van der Waals surface area (Å²) in [5.74, 6) is -21.8. The number of hydrogen-bond acceptors (Lipinski definition) is 6. The number of carbonyl (C=O) groups excluding carboxylic acids is 4. The second-order valence-electron chi connectivity index (χ2n) is 12.1. The van der Waals surface area contributed by atoms with Gasteiger partial charge in [0, 0.05) is 21.1 Å². The van der Waals surface area contributed by atoms with Crippen molar-refractivity contribution in [2.45, 2.75) is 28.5 Å². The molecule has 4 aliphatic rings. The summed E-state index contributed by atoms with van der Waals surface area (Å²) in [6, 6.07) is 10.2. The molecule has 4 amide bonds. The molecule has 3 aromatic carbocycles. The number of methoxy groups -OCH3 is 1. The van der Waals surface area contributed by atoms with Crippen LogP contribution in [0, 0.1) is 50.4 Å². The molecule has 2 saturated heterocycles. The van der Waals surface area contributed by atoms with Crippen LogP contribution in [0.2, 0.25) is 0 Å². The summed E-state index contributed by atoms with van der Waals surface area (Å²) < 4.78 is 79.6. The summed E-state index contributed by atoms with van der Waals surface area (Å²) in [4.78, 5) is 52.0. The van der Waals surface area contributed by atoms with Gasteiger partial charge in [-0.3, -0.25) is 24.1 Å². The third-order valence-corrected chi connectivity index (χ3v) is 12.0. The maximum absolute atomic E-state index is 15.2. The van der Waals surface area contributed by atoms with Crippen LogP contribution in [0.5, 0.6) is 11.5 Å². The molecule has 1 saturated carbocycles. The normalized spacial score (nSPS) is 29.2. The fourth-order valence-corrected chi connectivity index (χ4v) is 8.98. The highest BCUT2D eigenvalue weighted by Crippen LogP contribution is 2.67. The zero-order valence-electron chi connectivity index (χ0n) is 24.7. The van der Waals surface area contributed by atoms with Gasteiger partial charge < -0.3 is 9.84 Å². The van der Waals surface area contributed by atoms with E-state index in [0.717, 1.165) is 14.5 Å². The van der Waals surface area contributed by atoms with Gasteiger partial charge in [0.1, 0.15) is 17.2 Å². The predicted molar refractivity (Wildman–Crippen MR) is 173 cm³/mol. The average molecular weight is 833 g/mol. The second kappa shape index (κ2) is 11.4. The van der Waals surface area contributed by atoms with E-state index in [0.29, 0.717) is 0 Å². The van der Waals surface area contributed by atoms with Crippen LogP contribution in [0.25, 0.3) is 0 Å². The molecule has 0 radical (unpaired) electrons. The summed E-state index contributed by atoms with van der Waals surface area (Å²) in [6.45, 7) is 0. The van der Waals surface area contributed by atoms with Crippen LogP contribution < -0.4 is 14.5 Å². The Kier molecular flexibility index (Phi) is 7.83. The number of ether oxygens (including phenoxy) is 1. The van der Waals surface area contributed by atoms with Gasteiger partial charge in [0.2, 0.25) is 17.6 Å². The van der Waals surface area contributed by atoms with E-state index in [2.05, 4.69) is 22.6 Å². The van der Waals surface area contributed by atoms with Crippen molar-refractivity contribution in [1.29, 1.82) is 0 Å². The molecule has 7 rings (SSSR count). The van der Waals surface area contributed by atoms with Crippen LogP contribution in [0.1, 0.15) is 24.3 Å². The number of rotatable bonds is 4. The van der Waals surface area contributed by atoms with E-state index in [1.54, 1.807) is 30.3 Å². The zero-order valence-corrected chi connectivity index (χ0v) is 28.4. The maximum Gasteiger partial charge on any atom is 0.258 e. The van der Waals surface area contributed by atoms with Crippen molar-refractivity contribution >= 4 is 80.8 Å². The van der Waals surface area contributed by atoms with Crippen LogP contribution in [0.3, 0.4) is 0 Å². The lowest BCUT2D eigenvalue weighted by atomic mass is 9.56. The number of imide groups is 2. The molecule has 0 aromatic heterocycles. The second-order valence-corrected chi connectivity index (χ2v) is 14.6. The van der Waals surface area contributed by atoms with Gasteiger partial charge in [-0.1, -0.05) is 17.7 Å². The van der Waals surface area contributed by atoms with E-state index in [4.69, 9.17) is 27.9 Å². The van der Waals surface area contributed by atoms with Crippen LogP contribution in [0.4, 0.5) is 33.3 Å². The fraction of sp³-hybridized carbons (Fsp3) is 0.273. The first-order chi connectivity index (χ1) is 23.1. The average Bonchev–Trinajstić information content (AvgIpc) is 3.41. The Balaban J connectivity index is 1.45. The molecular formula is C33H20Cl2F5IN2O6. The molecule has 2 aliphatic carbocycles. The number of hydrogen-bond donors (Lipinski definition) is 1. The first-order valence-electron chi connectivity index (χ1n) is 14.6. The molecule has 8 nitrogen and oxygen atoms in total. The molecule has 3 fully saturated rings. The molecule has 254 valence electrons. The molecule has 0 unspecified atom stereocenters. The number of carbonyl (C=O) groups is 4. The van der Waals surface area contributed by atoms with E-state index in [1.807, 2.05) is 0 Å². The molecule has 6 atom stereocenters. The standard InChI is InChI=1S/C33H20Cl2F5IN2O6/c1-49-19-10-14(44)6-7-16(19)21-15-8-9-17-20(29(46)42(28(17)45)13-4-2-12(41)3-5-13)18(15)11-32(34)30(47)43(31(48)33(21,32)35)27-25(39)23(37)22(36)24(38)26(27)40/h2-8,10,17-18,20-21,44H,9,11H2,1H3/t17-,18+,20-,21+,32+,33-/m0/s1. The first-order valence-corrected chi connectivity index (χ1v) is 16.4. The van der Waals surface area contributed by atoms with Crippen LogP contribution in [0.15, 0.2) is 54.1 Å². The van der Waals surface area contributed by atoms with Gasteiger partial charge in [-0.25, -0.2) is 26.9 Å². The highest BCUT2D eigenvalue weighted by molar-refractivity contribution is 14.1. The number of alkyl halides is 2. The van der Waals surface area contributed by atoms with Crippen molar-refractivity contribution in [2.75, 3.05) is 16.9 Å². The summed E-state index contributed by atoms with van der Waals surface area (Å²) in [5.41, 5.74) is -1.29. The summed E-state index contributed by atoms with van der Waals surface area (Å²) in [6.07, 6.45) is 0.910. The molecule has 0 spiro atoms. The van der Waals surface area contributed by atoms with Gasteiger partial charge >= 0.3 is 0 Å². The highest BCUT2D eigenvalue weighted by atomic mass is 127. The van der Waals surface area contributed by atoms with E-state index >= 15 is 8.78 Å². The first kappa shape index (κ1) is 33.7. The number of nitrogens with zero attached hydrogens (tertiary/aromatic N) is 2. The van der Waals surface area contributed by atoms with Crippen LogP contribution in [-0.2, 0) is 19.2 Å². The van der Waals surface area contributed by atoms with Crippen LogP contribution in [-0.4, -0.2) is 45.6 Å². The number of phenols is 1. The Hall–Kier alpha value is -3.76. The molecule has 2 aliphatic heterocycles. The number of benzene rings is 3. The zero-order chi connectivity index (χ0) is 35.5. The topological polar surface area (TPSA) is 104 Å². The molecule has 1 N–H and O–H groups in total. The maximum atomic E-state index is 15.2. The minimum atomic E-state index is -2.72. The van der Waals surface area contributed by atoms with Crippen molar-refractivity contribution in [3.63, 3.8) is 0 Å². The van der Waals surface area contributed by atoms with Crippen molar-refractivity contribution in [3.05, 3.63) is 92.3 Å². The number of fused-ring (bicyclic) bond motifs is 4. The molecule has 3 aromatic rings. The van der Waals surface area contributed by atoms with Crippen molar-refractivity contribution in [3.8, 4) is 11.5 Å². The Morgan fingerprint density at radius 2 is 1.45 bits per heavy atom. The Labute approximate surface area is 297 Å². The molecule has 16 heteroatoms. The lowest BCUT2D eigenvalue weighted by Gasteiger charge is -2.50. The minimum absolute atomic E-state index is 0.0232. The van der Waals surface area contributed by atoms with Crippen LogP contribution >= 0.6 is 45.8 Å². The number of phenolic OH excluding ortho intramolecular Hbond substituents is 1. The Morgan fingerprint density at radius 3 is 2.06 bits per heavy atom. The molecule has 2 heterocycles. The number of halogens is 8. The minimum Gasteiger partial charge on any atom is -0.508 e. The largest absolute Gasteiger partial charge is 0.508 e. The van der Waals surface area contributed by atoms with Gasteiger partial charge in [-0.05, 0) is 71.7 Å². The third-order valence-electron chi connectivity index (χ3n) is 9.83. The van der Waals surface area contributed by atoms with Gasteiger partial charge in [0.15, 0.2) is 33.0 Å². The Bertz CT molecular complexity index is 2040. The third kappa shape index (κ3) is 4.38. The fourth-order valence-electron chi connectivity index (χ4n) is 7.70. The summed E-state index contributed by atoms with van der Waals surface area (Å²) >= 11 is 16.3. The highest BCUT2D eigenvalue weighted by Gasteiger charge is 2.77. The summed E-state index contributed by atoms with van der Waals surface area (Å²) in [7, 11) is 1.22. The number of allylic oxidation sites excluding steroid dienone is 2. The quantitative estimate of drug-likeness (QED) is 0.0616. The van der Waals surface area contributed by atoms with E-state index in [9.17, 15) is 37.5 Å². The van der Waals surface area contributed by atoms with Crippen molar-refractivity contribution in [1.82, 2.24) is 0 Å². The lowest BCUT2D eigenvalue weighted by Crippen LogP contribution is -2.60. The summed E-state index contributed by atoms with van der Waals surface area (Å²) in [5, 5.41) is 10.2. The van der Waals surface area contributed by atoms with E-state index in [1.165, 1.54) is 19.2 Å². The number of aromatic hydroxyl groups is 1. The van der Waals surface area contributed by atoms with Gasteiger partial charge in [0.05, 0.1) is 24.6 Å². The molecule has 0 bridgehead atoms. The molecule has 49 heavy (non-hydrogen) atoms. The Morgan fingerprint density at radius 1 is 0.837 bits per heavy atom. The lowest BCUT2D eigenvalue weighted by molar-refractivity contribution is -0.125. The van der Waals surface area contributed by atoms with E-state index in [-0.39, 0.29) is 39.6 Å². The predicted octanol–water partition coefficient (Wildman–Crippen LogP) is 6.47. The number of anilines is 2. The smallest absolute Gasteiger partial charge is 0.258 e. The van der Waals surface area contributed by atoms with Gasteiger partial charge in [-0.15, -0.1) is 23.2 Å². The molecular weight excluding hydrogens is 813 g/mol. The van der Waals surface area contributed by atoms with Crippen molar-refractivity contribution in [2.24, 2.45) is 17.8 Å².